The van der Waals surface area contributed by atoms with Crippen LogP contribution in [0.25, 0.3) is 32.9 Å². The predicted octanol–water partition coefficient (Wildman–Crippen LogP) is 3.59. The second kappa shape index (κ2) is 6.69. The topological polar surface area (TPSA) is 78.8 Å². The van der Waals surface area contributed by atoms with Gasteiger partial charge < -0.3 is 24.4 Å². The summed E-state index contributed by atoms with van der Waals surface area (Å²) in [4.78, 5) is 0. The van der Waals surface area contributed by atoms with Crippen LogP contribution in [0.4, 0.5) is 0 Å². The van der Waals surface area contributed by atoms with Crippen LogP contribution >= 0.6 is 12.4 Å². The Morgan fingerprint density at radius 1 is 0.960 bits per heavy atom. The van der Waals surface area contributed by atoms with Crippen LogP contribution < -0.4 is 5.32 Å². The molecular weight excluding hydrogens is 342 g/mol. The number of fused-ring (bicyclic) bond motifs is 4. The Labute approximate surface area is 150 Å². The fourth-order valence-electron chi connectivity index (χ4n) is 2.87. The highest BCUT2D eigenvalue weighted by atomic mass is 35.5. The number of aliphatic hydroxyl groups is 2. The molecule has 0 aliphatic heterocycles. The van der Waals surface area contributed by atoms with E-state index >= 15 is 0 Å². The van der Waals surface area contributed by atoms with Crippen molar-refractivity contribution >= 4 is 45.3 Å². The van der Waals surface area contributed by atoms with Gasteiger partial charge in [-0.15, -0.1) is 12.4 Å². The van der Waals surface area contributed by atoms with Gasteiger partial charge in [-0.1, -0.05) is 6.07 Å². The van der Waals surface area contributed by atoms with Crippen molar-refractivity contribution in [2.24, 2.45) is 0 Å². The minimum absolute atomic E-state index is 0. The van der Waals surface area contributed by atoms with Crippen molar-refractivity contribution in [1.82, 2.24) is 5.32 Å². The normalized spacial score (nSPS) is 12.1. The molecule has 0 bridgehead atoms. The summed E-state index contributed by atoms with van der Waals surface area (Å²) in [5, 5.41) is 25.0. The molecule has 4 aromatic rings. The molecule has 0 aliphatic carbocycles. The molecule has 0 saturated heterocycles. The summed E-state index contributed by atoms with van der Waals surface area (Å²) in [5.41, 5.74) is 2.85. The van der Waals surface area contributed by atoms with E-state index in [0.717, 1.165) is 38.5 Å². The van der Waals surface area contributed by atoms with Crippen LogP contribution in [0.15, 0.2) is 51.5 Å². The molecule has 4 rings (SSSR count). The summed E-state index contributed by atoms with van der Waals surface area (Å²) in [5.74, 6) is 0. The number of hydrogen-bond donors (Lipinski definition) is 3. The first-order valence-corrected chi connectivity index (χ1v) is 7.91. The summed E-state index contributed by atoms with van der Waals surface area (Å²) < 4.78 is 11.4. The van der Waals surface area contributed by atoms with E-state index in [2.05, 4.69) is 11.4 Å². The highest BCUT2D eigenvalue weighted by Gasteiger charge is 2.21. The lowest BCUT2D eigenvalue weighted by atomic mass is 10.0. The lowest BCUT2D eigenvalue weighted by molar-refractivity contribution is 0.103. The molecule has 6 heteroatoms. The Morgan fingerprint density at radius 2 is 1.72 bits per heavy atom. The van der Waals surface area contributed by atoms with Gasteiger partial charge in [0.2, 0.25) is 0 Å². The maximum atomic E-state index is 9.38. The number of aliphatic hydroxyl groups excluding tert-OH is 2. The highest BCUT2D eigenvalue weighted by molar-refractivity contribution is 6.09. The minimum Gasteiger partial charge on any atom is -0.464 e. The van der Waals surface area contributed by atoms with Gasteiger partial charge in [-0.05, 0) is 42.8 Å². The van der Waals surface area contributed by atoms with Gasteiger partial charge >= 0.3 is 0 Å². The van der Waals surface area contributed by atoms with Gasteiger partial charge in [0.1, 0.15) is 16.7 Å². The van der Waals surface area contributed by atoms with E-state index in [0.29, 0.717) is 6.54 Å². The van der Waals surface area contributed by atoms with E-state index in [9.17, 15) is 10.2 Å². The van der Waals surface area contributed by atoms with Gasteiger partial charge in [-0.25, -0.2) is 0 Å². The molecule has 3 N–H and O–H groups in total. The summed E-state index contributed by atoms with van der Waals surface area (Å²) in [7, 11) is 0. The summed E-state index contributed by atoms with van der Waals surface area (Å²) in [6.07, 6.45) is 1.67. The van der Waals surface area contributed by atoms with Crippen molar-refractivity contribution in [3.63, 3.8) is 0 Å². The maximum Gasteiger partial charge on any atom is 0.136 e. The predicted molar refractivity (Wildman–Crippen MR) is 100 cm³/mol. The van der Waals surface area contributed by atoms with E-state index in [4.69, 9.17) is 8.83 Å². The summed E-state index contributed by atoms with van der Waals surface area (Å²) in [6, 6.07) is 11.9. The number of furan rings is 2. The Kier molecular flexibility index (Phi) is 4.75. The number of rotatable bonds is 5. The minimum atomic E-state index is -0.701. The largest absolute Gasteiger partial charge is 0.464 e. The molecule has 25 heavy (non-hydrogen) atoms. The van der Waals surface area contributed by atoms with Crippen molar-refractivity contribution in [3.05, 3.63) is 48.2 Å². The molecule has 0 unspecified atom stereocenters. The first-order chi connectivity index (χ1) is 11.6. The van der Waals surface area contributed by atoms with Gasteiger partial charge in [0.15, 0.2) is 0 Å². The fraction of sp³-hybridized carbons (Fsp3) is 0.263. The van der Waals surface area contributed by atoms with Crippen molar-refractivity contribution in [3.8, 4) is 0 Å². The summed E-state index contributed by atoms with van der Waals surface area (Å²) >= 11 is 0. The van der Waals surface area contributed by atoms with E-state index in [1.165, 1.54) is 0 Å². The van der Waals surface area contributed by atoms with Crippen LogP contribution in [0.3, 0.4) is 0 Å². The summed E-state index contributed by atoms with van der Waals surface area (Å²) in [6.45, 7) is 2.07. The fourth-order valence-corrected chi connectivity index (χ4v) is 2.87. The molecule has 2 heterocycles. The first-order valence-electron chi connectivity index (χ1n) is 7.91. The van der Waals surface area contributed by atoms with Crippen molar-refractivity contribution < 1.29 is 19.0 Å². The van der Waals surface area contributed by atoms with Gasteiger partial charge in [-0.3, -0.25) is 0 Å². The second-order valence-electron chi connectivity index (χ2n) is 6.47. The Morgan fingerprint density at radius 3 is 2.48 bits per heavy atom. The van der Waals surface area contributed by atoms with Crippen LogP contribution in [0.2, 0.25) is 0 Å². The molecular formula is C19H20ClNO4. The molecule has 132 valence electrons. The van der Waals surface area contributed by atoms with E-state index in [1.807, 2.05) is 30.3 Å². The molecule has 0 saturated carbocycles. The average Bonchev–Trinajstić information content (AvgIpc) is 3.20. The van der Waals surface area contributed by atoms with Gasteiger partial charge in [0, 0.05) is 22.7 Å². The van der Waals surface area contributed by atoms with Crippen molar-refractivity contribution in [2.75, 3.05) is 13.2 Å². The van der Waals surface area contributed by atoms with Gasteiger partial charge in [0.25, 0.3) is 0 Å². The Hall–Kier alpha value is -2.05. The van der Waals surface area contributed by atoms with Crippen LogP contribution in [0, 0.1) is 0 Å². The average molecular weight is 362 g/mol. The third-order valence-electron chi connectivity index (χ3n) is 4.53. The van der Waals surface area contributed by atoms with Crippen molar-refractivity contribution in [2.45, 2.75) is 19.0 Å². The van der Waals surface area contributed by atoms with Gasteiger partial charge in [0.05, 0.1) is 25.0 Å². The zero-order chi connectivity index (χ0) is 16.7. The number of benzene rings is 2. The maximum absolute atomic E-state index is 9.38. The molecule has 5 nitrogen and oxygen atoms in total. The zero-order valence-corrected chi connectivity index (χ0v) is 14.6. The molecule has 0 atom stereocenters. The zero-order valence-electron chi connectivity index (χ0n) is 13.8. The molecule has 2 aromatic carbocycles. The lowest BCUT2D eigenvalue weighted by Crippen LogP contribution is -2.48. The first kappa shape index (κ1) is 17.8. The van der Waals surface area contributed by atoms with Gasteiger partial charge in [-0.2, -0.15) is 0 Å². The third-order valence-corrected chi connectivity index (χ3v) is 4.53. The van der Waals surface area contributed by atoms with E-state index in [1.54, 1.807) is 13.2 Å². The molecule has 0 amide bonds. The standard InChI is InChI=1S/C19H19NO4.ClH/c1-19(10-21,11-22)20-9-12-2-3-16-14(6-12)15-8-17-13(4-5-23-17)7-18(15)24-16;/h2-8,20-22H,9-11H2,1H3;1H. The molecule has 0 fully saturated rings. The quantitative estimate of drug-likeness (QED) is 0.506. The number of hydrogen-bond acceptors (Lipinski definition) is 5. The molecule has 0 aliphatic rings. The van der Waals surface area contributed by atoms with Crippen molar-refractivity contribution in [1.29, 1.82) is 0 Å². The number of halogens is 1. The van der Waals surface area contributed by atoms with Crippen LogP contribution in [0.1, 0.15) is 12.5 Å². The Balaban J connectivity index is 0.00000182. The second-order valence-corrected chi connectivity index (χ2v) is 6.47. The van der Waals surface area contributed by atoms with Crippen LogP contribution in [-0.2, 0) is 6.54 Å². The monoisotopic (exact) mass is 361 g/mol. The van der Waals surface area contributed by atoms with Crippen LogP contribution in [0.5, 0.6) is 0 Å². The van der Waals surface area contributed by atoms with E-state index in [-0.39, 0.29) is 25.6 Å². The van der Waals surface area contributed by atoms with E-state index < -0.39 is 5.54 Å². The molecule has 0 radical (unpaired) electrons. The number of nitrogens with one attached hydrogen (secondary N) is 1. The molecule has 0 spiro atoms. The third kappa shape index (κ3) is 3.12. The highest BCUT2D eigenvalue weighted by Crippen LogP contribution is 2.33. The van der Waals surface area contributed by atoms with Crippen LogP contribution in [-0.4, -0.2) is 29.0 Å². The SMILES string of the molecule is CC(CO)(CO)NCc1ccc2oc3cc4ccoc4cc3c2c1.Cl. The molecule has 2 aromatic heterocycles. The lowest BCUT2D eigenvalue weighted by Gasteiger charge is -2.26. The smallest absolute Gasteiger partial charge is 0.136 e. The Bertz CT molecular complexity index is 1020.